The molecule has 1 aliphatic rings. The minimum atomic E-state index is 0.279. The van der Waals surface area contributed by atoms with Crippen LogP contribution in [0.3, 0.4) is 0 Å². The van der Waals surface area contributed by atoms with Crippen LogP contribution in [-0.2, 0) is 18.9 Å². The van der Waals surface area contributed by atoms with Crippen molar-refractivity contribution >= 4 is 10.8 Å². The first-order valence-corrected chi connectivity index (χ1v) is 12.9. The summed E-state index contributed by atoms with van der Waals surface area (Å²) in [6, 6.07) is 19.6. The fraction of sp³-hybridized carbons (Fsp3) is 0.400. The molecule has 8 heteroatoms. The van der Waals surface area contributed by atoms with Gasteiger partial charge in [-0.15, -0.1) is 0 Å². The summed E-state index contributed by atoms with van der Waals surface area (Å²) in [6.45, 7) is 9.33. The summed E-state index contributed by atoms with van der Waals surface area (Å²) < 4.78 is 46.3. The fourth-order valence-electron chi connectivity index (χ4n) is 3.70. The molecule has 0 saturated heterocycles. The number of fused-ring (bicyclic) bond motifs is 3. The zero-order valence-corrected chi connectivity index (χ0v) is 21.7. The summed E-state index contributed by atoms with van der Waals surface area (Å²) in [6.07, 6.45) is 0. The Labute approximate surface area is 223 Å². The molecule has 8 nitrogen and oxygen atoms in total. The first-order valence-electron chi connectivity index (χ1n) is 12.9. The van der Waals surface area contributed by atoms with Crippen molar-refractivity contribution in [3.8, 4) is 23.0 Å². The number of rotatable bonds is 0. The van der Waals surface area contributed by atoms with Gasteiger partial charge in [0.05, 0.1) is 52.9 Å². The lowest BCUT2D eigenvalue weighted by Gasteiger charge is -2.16. The highest BCUT2D eigenvalue weighted by Crippen LogP contribution is 2.33. The monoisotopic (exact) mass is 524 g/mol. The second-order valence-electron chi connectivity index (χ2n) is 8.57. The van der Waals surface area contributed by atoms with E-state index in [0.29, 0.717) is 89.1 Å². The van der Waals surface area contributed by atoms with Crippen LogP contribution in [0.25, 0.3) is 10.8 Å². The molecule has 4 rings (SSSR count). The van der Waals surface area contributed by atoms with Crippen LogP contribution < -0.4 is 18.9 Å². The molecule has 1 aliphatic heterocycles. The van der Waals surface area contributed by atoms with Crippen LogP contribution in [0.15, 0.2) is 72.8 Å². The van der Waals surface area contributed by atoms with Gasteiger partial charge in [-0.25, -0.2) is 0 Å². The van der Waals surface area contributed by atoms with Crippen molar-refractivity contribution < 1.29 is 37.9 Å². The average molecular weight is 525 g/mol. The standard InChI is InChI=1S/C30H36O8/c1-24-22-37-28-9-5-4-8-27(28)35-18-16-33-14-12-31-10-11-32-13-15-34-17-19-36-29-20-25-6-2-3-7-26(25)21-30(29)38-23-24/h2-9,20-21H,1,10-19,22-23H2. The van der Waals surface area contributed by atoms with Crippen molar-refractivity contribution in [2.24, 2.45) is 0 Å². The second kappa shape index (κ2) is 15.8. The third kappa shape index (κ3) is 9.22. The average Bonchev–Trinajstić information content (AvgIpc) is 2.94. The van der Waals surface area contributed by atoms with E-state index in [9.17, 15) is 0 Å². The van der Waals surface area contributed by atoms with E-state index in [1.165, 1.54) is 0 Å². The predicted molar refractivity (Wildman–Crippen MR) is 145 cm³/mol. The smallest absolute Gasteiger partial charge is 0.162 e. The summed E-state index contributed by atoms with van der Waals surface area (Å²) in [5.41, 5.74) is 0.774. The molecule has 0 fully saturated rings. The Bertz CT molecular complexity index is 1130. The van der Waals surface area contributed by atoms with E-state index < -0.39 is 0 Å². The summed E-state index contributed by atoms with van der Waals surface area (Å²) in [7, 11) is 0. The SMILES string of the molecule is C=C1COc2ccccc2OCCOCCOCCOCCOCCOc2cc3ccccc3cc2OC1. The van der Waals surface area contributed by atoms with Gasteiger partial charge in [-0.1, -0.05) is 43.0 Å². The van der Waals surface area contributed by atoms with Crippen LogP contribution in [0.5, 0.6) is 23.0 Å². The first kappa shape index (κ1) is 27.7. The third-order valence-corrected chi connectivity index (χ3v) is 5.61. The Kier molecular flexibility index (Phi) is 11.6. The minimum absolute atomic E-state index is 0.279. The van der Waals surface area contributed by atoms with Crippen LogP contribution in [0.2, 0.25) is 0 Å². The molecule has 0 N–H and O–H groups in total. The van der Waals surface area contributed by atoms with E-state index in [1.54, 1.807) is 0 Å². The van der Waals surface area contributed by atoms with Gasteiger partial charge in [0.15, 0.2) is 23.0 Å². The topological polar surface area (TPSA) is 73.8 Å². The van der Waals surface area contributed by atoms with Gasteiger partial charge in [-0.05, 0) is 40.6 Å². The van der Waals surface area contributed by atoms with E-state index in [2.05, 4.69) is 6.58 Å². The van der Waals surface area contributed by atoms with Crippen molar-refractivity contribution in [1.29, 1.82) is 0 Å². The molecule has 0 bridgehead atoms. The second-order valence-corrected chi connectivity index (χ2v) is 8.57. The Morgan fingerprint density at radius 2 is 0.789 bits per heavy atom. The summed E-state index contributed by atoms with van der Waals surface area (Å²) in [5.74, 6) is 2.58. The molecule has 38 heavy (non-hydrogen) atoms. The van der Waals surface area contributed by atoms with Crippen molar-refractivity contribution in [2.75, 3.05) is 79.3 Å². The molecule has 1 heterocycles. The van der Waals surface area contributed by atoms with Crippen molar-refractivity contribution in [3.63, 3.8) is 0 Å². The maximum Gasteiger partial charge on any atom is 0.162 e. The van der Waals surface area contributed by atoms with Crippen LogP contribution in [0, 0.1) is 0 Å². The fourth-order valence-corrected chi connectivity index (χ4v) is 3.70. The van der Waals surface area contributed by atoms with Gasteiger partial charge >= 0.3 is 0 Å². The zero-order valence-electron chi connectivity index (χ0n) is 21.7. The lowest BCUT2D eigenvalue weighted by Crippen LogP contribution is -2.14. The molecular formula is C30H36O8. The molecule has 0 amide bonds. The van der Waals surface area contributed by atoms with Gasteiger partial charge in [-0.3, -0.25) is 0 Å². The van der Waals surface area contributed by atoms with Gasteiger partial charge in [0, 0.05) is 0 Å². The summed E-state index contributed by atoms with van der Waals surface area (Å²) in [4.78, 5) is 0. The zero-order chi connectivity index (χ0) is 26.3. The van der Waals surface area contributed by atoms with E-state index in [1.807, 2.05) is 60.7 Å². The molecule has 3 aromatic carbocycles. The van der Waals surface area contributed by atoms with Gasteiger partial charge in [0.1, 0.15) is 26.4 Å². The number of para-hydroxylation sites is 2. The van der Waals surface area contributed by atoms with Gasteiger partial charge in [-0.2, -0.15) is 0 Å². The van der Waals surface area contributed by atoms with E-state index in [0.717, 1.165) is 16.3 Å². The lowest BCUT2D eigenvalue weighted by atomic mass is 10.1. The van der Waals surface area contributed by atoms with E-state index >= 15 is 0 Å². The number of hydrogen-bond acceptors (Lipinski definition) is 8. The van der Waals surface area contributed by atoms with Crippen LogP contribution in [-0.4, -0.2) is 79.3 Å². The minimum Gasteiger partial charge on any atom is -0.487 e. The molecule has 0 saturated carbocycles. The first-order chi connectivity index (χ1) is 18.8. The van der Waals surface area contributed by atoms with Crippen molar-refractivity contribution in [1.82, 2.24) is 0 Å². The molecule has 0 unspecified atom stereocenters. The lowest BCUT2D eigenvalue weighted by molar-refractivity contribution is -0.00709. The molecule has 0 atom stereocenters. The molecule has 0 spiro atoms. The van der Waals surface area contributed by atoms with Crippen LogP contribution >= 0.6 is 0 Å². The third-order valence-electron chi connectivity index (χ3n) is 5.61. The molecule has 204 valence electrons. The maximum atomic E-state index is 6.12. The normalized spacial score (nSPS) is 17.7. The Balaban J connectivity index is 1.39. The summed E-state index contributed by atoms with van der Waals surface area (Å²) >= 11 is 0. The number of ether oxygens (including phenoxy) is 8. The highest BCUT2D eigenvalue weighted by Gasteiger charge is 2.11. The van der Waals surface area contributed by atoms with E-state index in [-0.39, 0.29) is 13.2 Å². The highest BCUT2D eigenvalue weighted by atomic mass is 16.6. The quantitative estimate of drug-likeness (QED) is 0.392. The van der Waals surface area contributed by atoms with Gasteiger partial charge in [0.25, 0.3) is 0 Å². The highest BCUT2D eigenvalue weighted by molar-refractivity contribution is 5.86. The van der Waals surface area contributed by atoms with Gasteiger partial charge in [0.2, 0.25) is 0 Å². The number of benzene rings is 3. The molecule has 0 aliphatic carbocycles. The summed E-state index contributed by atoms with van der Waals surface area (Å²) in [5, 5.41) is 2.13. The van der Waals surface area contributed by atoms with Crippen molar-refractivity contribution in [2.45, 2.75) is 0 Å². The van der Waals surface area contributed by atoms with Crippen LogP contribution in [0.4, 0.5) is 0 Å². The van der Waals surface area contributed by atoms with E-state index in [4.69, 9.17) is 37.9 Å². The Morgan fingerprint density at radius 1 is 0.421 bits per heavy atom. The molecule has 3 aromatic rings. The molecule has 0 aromatic heterocycles. The maximum absolute atomic E-state index is 6.12. The van der Waals surface area contributed by atoms with Crippen molar-refractivity contribution in [3.05, 3.63) is 72.8 Å². The van der Waals surface area contributed by atoms with Crippen LogP contribution in [0.1, 0.15) is 0 Å². The van der Waals surface area contributed by atoms with Gasteiger partial charge < -0.3 is 37.9 Å². The Morgan fingerprint density at radius 3 is 1.32 bits per heavy atom. The molecule has 0 radical (unpaired) electrons. The predicted octanol–water partition coefficient (Wildman–Crippen LogP) is 4.69. The molecular weight excluding hydrogens is 488 g/mol. The number of hydrogen-bond donors (Lipinski definition) is 0. The largest absolute Gasteiger partial charge is 0.487 e. The Hall–Kier alpha value is -3.30.